The second-order valence-electron chi connectivity index (χ2n) is 6.69. The molecule has 0 unspecified atom stereocenters. The summed E-state index contributed by atoms with van der Waals surface area (Å²) in [6, 6.07) is 25.7. The number of hydrogen-bond donors (Lipinski definition) is 1. The Balaban J connectivity index is 1.59. The second-order valence-corrected chi connectivity index (χ2v) is 6.69. The molecule has 0 saturated carbocycles. The van der Waals surface area contributed by atoms with Gasteiger partial charge in [0, 0.05) is 17.1 Å². The number of nitrogens with one attached hydrogen (secondary N) is 1. The molecule has 1 amide bonds. The van der Waals surface area contributed by atoms with Gasteiger partial charge in [0.25, 0.3) is 0 Å². The highest BCUT2D eigenvalue weighted by molar-refractivity contribution is 5.90. The normalized spacial score (nSPS) is 10.8. The highest BCUT2D eigenvalue weighted by Gasteiger charge is 2.19. The quantitative estimate of drug-likeness (QED) is 0.475. The summed E-state index contributed by atoms with van der Waals surface area (Å²) in [4.78, 5) is 24.1. The van der Waals surface area contributed by atoms with Crippen molar-refractivity contribution >= 4 is 22.7 Å². The fourth-order valence-corrected chi connectivity index (χ4v) is 3.24. The van der Waals surface area contributed by atoms with Crippen LogP contribution in [0.5, 0.6) is 0 Å². The van der Waals surface area contributed by atoms with Gasteiger partial charge in [-0.25, -0.2) is 9.59 Å². The van der Waals surface area contributed by atoms with E-state index in [2.05, 4.69) is 5.32 Å². The molecule has 4 aromatic rings. The maximum atomic E-state index is 12.6. The van der Waals surface area contributed by atoms with Gasteiger partial charge in [-0.05, 0) is 41.8 Å². The summed E-state index contributed by atoms with van der Waals surface area (Å²) in [5.74, 6) is 0. The molecule has 0 aliphatic heterocycles. The molecule has 5 heteroatoms. The van der Waals surface area contributed by atoms with Crippen molar-refractivity contribution in [3.05, 3.63) is 112 Å². The van der Waals surface area contributed by atoms with E-state index in [-0.39, 0.29) is 0 Å². The zero-order chi connectivity index (χ0) is 20.2. The van der Waals surface area contributed by atoms with Crippen molar-refractivity contribution in [2.24, 2.45) is 0 Å². The summed E-state index contributed by atoms with van der Waals surface area (Å²) < 4.78 is 10.9. The molecule has 4 rings (SSSR count). The van der Waals surface area contributed by atoms with E-state index in [4.69, 9.17) is 9.15 Å². The van der Waals surface area contributed by atoms with Crippen LogP contribution in [0.2, 0.25) is 0 Å². The van der Waals surface area contributed by atoms with Crippen molar-refractivity contribution in [3.63, 3.8) is 0 Å². The number of aryl methyl sites for hydroxylation is 1. The third kappa shape index (κ3) is 4.19. The van der Waals surface area contributed by atoms with Gasteiger partial charge < -0.3 is 9.15 Å². The monoisotopic (exact) mass is 385 g/mol. The van der Waals surface area contributed by atoms with E-state index >= 15 is 0 Å². The van der Waals surface area contributed by atoms with E-state index in [1.807, 2.05) is 67.6 Å². The molecule has 29 heavy (non-hydrogen) atoms. The molecule has 0 fully saturated rings. The maximum absolute atomic E-state index is 12.6. The molecule has 1 aromatic heterocycles. The van der Waals surface area contributed by atoms with E-state index in [0.29, 0.717) is 11.3 Å². The first kappa shape index (κ1) is 18.5. The van der Waals surface area contributed by atoms with Crippen LogP contribution in [0.25, 0.3) is 11.0 Å². The lowest BCUT2D eigenvalue weighted by atomic mass is 10.0. The van der Waals surface area contributed by atoms with Crippen molar-refractivity contribution in [1.82, 2.24) is 0 Å². The number of rotatable bonds is 4. The molecule has 0 spiro atoms. The highest BCUT2D eigenvalue weighted by Crippen LogP contribution is 2.27. The molecule has 3 aromatic carbocycles. The van der Waals surface area contributed by atoms with E-state index in [1.54, 1.807) is 18.2 Å². The van der Waals surface area contributed by atoms with Crippen LogP contribution in [-0.2, 0) is 4.74 Å². The predicted octanol–water partition coefficient (Wildman–Crippen LogP) is 5.44. The molecular weight excluding hydrogens is 366 g/mol. The Morgan fingerprint density at radius 2 is 1.52 bits per heavy atom. The third-order valence-corrected chi connectivity index (χ3v) is 4.63. The molecular formula is C24H19NO4. The molecule has 0 saturated heterocycles. The lowest BCUT2D eigenvalue weighted by Gasteiger charge is -2.19. The molecule has 5 nitrogen and oxygen atoms in total. The first-order chi connectivity index (χ1) is 14.1. The Morgan fingerprint density at radius 3 is 2.14 bits per heavy atom. The van der Waals surface area contributed by atoms with Crippen LogP contribution in [0, 0.1) is 6.92 Å². The Morgan fingerprint density at radius 1 is 0.897 bits per heavy atom. The number of benzene rings is 3. The van der Waals surface area contributed by atoms with E-state index in [9.17, 15) is 9.59 Å². The number of ether oxygens (including phenoxy) is 1. The summed E-state index contributed by atoms with van der Waals surface area (Å²) in [7, 11) is 0. The molecule has 0 radical (unpaired) electrons. The van der Waals surface area contributed by atoms with Gasteiger partial charge in [0.1, 0.15) is 5.58 Å². The summed E-state index contributed by atoms with van der Waals surface area (Å²) in [5, 5.41) is 3.52. The SMILES string of the molecule is Cc1cc(=O)oc2ccc(NC(=O)OC(c3ccccc3)c3ccccc3)cc12. The summed E-state index contributed by atoms with van der Waals surface area (Å²) in [5.41, 5.74) is 3.16. The highest BCUT2D eigenvalue weighted by atomic mass is 16.6. The predicted molar refractivity (Wildman–Crippen MR) is 112 cm³/mol. The van der Waals surface area contributed by atoms with Gasteiger partial charge in [-0.15, -0.1) is 0 Å². The molecule has 0 aliphatic carbocycles. The standard InChI is InChI=1S/C24H19NO4/c1-16-14-22(26)28-21-13-12-19(15-20(16)21)25-24(27)29-23(17-8-4-2-5-9-17)18-10-6-3-7-11-18/h2-15,23H,1H3,(H,25,27). The van der Waals surface area contributed by atoms with Crippen molar-refractivity contribution in [1.29, 1.82) is 0 Å². The van der Waals surface area contributed by atoms with Crippen molar-refractivity contribution in [2.75, 3.05) is 5.32 Å². The minimum absolute atomic E-state index is 0.399. The number of fused-ring (bicyclic) bond motifs is 1. The Kier molecular flexibility index (Phi) is 5.12. The molecule has 0 bridgehead atoms. The molecule has 0 atom stereocenters. The number of hydrogen-bond acceptors (Lipinski definition) is 4. The first-order valence-electron chi connectivity index (χ1n) is 9.22. The van der Waals surface area contributed by atoms with E-state index < -0.39 is 17.8 Å². The largest absolute Gasteiger partial charge is 0.436 e. The van der Waals surface area contributed by atoms with Crippen LogP contribution in [0.4, 0.5) is 10.5 Å². The Labute approximate surface area is 167 Å². The van der Waals surface area contributed by atoms with Crippen LogP contribution in [0.3, 0.4) is 0 Å². The second kappa shape index (κ2) is 8.02. The van der Waals surface area contributed by atoms with Gasteiger partial charge in [-0.2, -0.15) is 0 Å². The van der Waals surface area contributed by atoms with Gasteiger partial charge in [-0.3, -0.25) is 5.32 Å². The van der Waals surface area contributed by atoms with Crippen LogP contribution in [0.1, 0.15) is 22.8 Å². The van der Waals surface area contributed by atoms with Crippen LogP contribution in [-0.4, -0.2) is 6.09 Å². The zero-order valence-electron chi connectivity index (χ0n) is 15.8. The van der Waals surface area contributed by atoms with E-state index in [0.717, 1.165) is 22.1 Å². The van der Waals surface area contributed by atoms with Crippen LogP contribution < -0.4 is 10.9 Å². The molecule has 144 valence electrons. The smallest absolute Gasteiger partial charge is 0.412 e. The lowest BCUT2D eigenvalue weighted by molar-refractivity contribution is 0.131. The average molecular weight is 385 g/mol. The minimum atomic E-state index is -0.572. The maximum Gasteiger partial charge on any atom is 0.412 e. The van der Waals surface area contributed by atoms with Crippen molar-refractivity contribution < 1.29 is 13.9 Å². The molecule has 1 N–H and O–H groups in total. The Bertz CT molecular complexity index is 1160. The van der Waals surface area contributed by atoms with Crippen molar-refractivity contribution in [3.8, 4) is 0 Å². The topological polar surface area (TPSA) is 68.5 Å². The van der Waals surface area contributed by atoms with Crippen molar-refractivity contribution in [2.45, 2.75) is 13.0 Å². The van der Waals surface area contributed by atoms with Crippen LogP contribution in [0.15, 0.2) is 94.1 Å². The number of amides is 1. The minimum Gasteiger partial charge on any atom is -0.436 e. The van der Waals surface area contributed by atoms with E-state index in [1.165, 1.54) is 6.07 Å². The Hall–Kier alpha value is -3.86. The van der Waals surface area contributed by atoms with Crippen LogP contribution >= 0.6 is 0 Å². The first-order valence-corrected chi connectivity index (χ1v) is 9.22. The number of carbonyl (C=O) groups excluding carboxylic acids is 1. The van der Waals surface area contributed by atoms with Gasteiger partial charge in [-0.1, -0.05) is 60.7 Å². The average Bonchev–Trinajstić information content (AvgIpc) is 2.74. The summed E-state index contributed by atoms with van der Waals surface area (Å²) in [6.45, 7) is 1.82. The number of anilines is 1. The lowest BCUT2D eigenvalue weighted by Crippen LogP contribution is -2.18. The summed E-state index contributed by atoms with van der Waals surface area (Å²) >= 11 is 0. The molecule has 0 aliphatic rings. The van der Waals surface area contributed by atoms with Gasteiger partial charge in [0.15, 0.2) is 6.10 Å². The zero-order valence-corrected chi connectivity index (χ0v) is 15.8. The fraction of sp³-hybridized carbons (Fsp3) is 0.0833. The molecule has 1 heterocycles. The summed E-state index contributed by atoms with van der Waals surface area (Å²) in [6.07, 6.45) is -1.10. The number of carbonyl (C=O) groups is 1. The van der Waals surface area contributed by atoms with Gasteiger partial charge >= 0.3 is 11.7 Å². The fourth-order valence-electron chi connectivity index (χ4n) is 3.24. The van der Waals surface area contributed by atoms with Gasteiger partial charge in [0.05, 0.1) is 0 Å². The third-order valence-electron chi connectivity index (χ3n) is 4.63. The van der Waals surface area contributed by atoms with Gasteiger partial charge in [0.2, 0.25) is 0 Å².